The quantitative estimate of drug-likeness (QED) is 0.851. The molecule has 2 rings (SSSR count). The minimum absolute atomic E-state index is 0.102. The zero-order valence-corrected chi connectivity index (χ0v) is 11.8. The predicted octanol–water partition coefficient (Wildman–Crippen LogP) is 3.92. The van der Waals surface area contributed by atoms with Crippen molar-refractivity contribution in [3.8, 4) is 0 Å². The largest absolute Gasteiger partial charge is 0.419 e. The molecular formula is C15H19F4NO. The Balaban J connectivity index is 2.31. The zero-order chi connectivity index (χ0) is 15.5. The fraction of sp³-hybridized carbons (Fsp3) is 0.600. The lowest BCUT2D eigenvalue weighted by Crippen LogP contribution is -2.33. The van der Waals surface area contributed by atoms with Crippen molar-refractivity contribution in [2.75, 3.05) is 19.8 Å². The highest BCUT2D eigenvalue weighted by atomic mass is 19.4. The second-order valence-electron chi connectivity index (χ2n) is 5.25. The van der Waals surface area contributed by atoms with Gasteiger partial charge in [0.05, 0.1) is 12.2 Å². The lowest BCUT2D eigenvalue weighted by molar-refractivity contribution is -0.140. The Hall–Kier alpha value is -1.14. The molecule has 21 heavy (non-hydrogen) atoms. The van der Waals surface area contributed by atoms with Crippen LogP contribution < -0.4 is 5.32 Å². The van der Waals surface area contributed by atoms with E-state index >= 15 is 0 Å². The van der Waals surface area contributed by atoms with E-state index in [-0.39, 0.29) is 12.0 Å². The van der Waals surface area contributed by atoms with Crippen LogP contribution in [0.4, 0.5) is 17.6 Å². The summed E-state index contributed by atoms with van der Waals surface area (Å²) in [6.45, 7) is 3.72. The summed E-state index contributed by atoms with van der Waals surface area (Å²) in [5, 5.41) is 3.20. The van der Waals surface area contributed by atoms with E-state index in [1.807, 2.05) is 6.92 Å². The zero-order valence-electron chi connectivity index (χ0n) is 11.8. The van der Waals surface area contributed by atoms with Crippen LogP contribution in [0.15, 0.2) is 18.2 Å². The highest BCUT2D eigenvalue weighted by molar-refractivity contribution is 5.30. The Bertz CT molecular complexity index is 469. The summed E-state index contributed by atoms with van der Waals surface area (Å²) in [5.74, 6) is -1.13. The molecule has 1 aliphatic rings. The molecule has 6 heteroatoms. The van der Waals surface area contributed by atoms with Gasteiger partial charge in [0.2, 0.25) is 0 Å². The van der Waals surface area contributed by atoms with Gasteiger partial charge in [0.25, 0.3) is 0 Å². The summed E-state index contributed by atoms with van der Waals surface area (Å²) in [4.78, 5) is 0. The maximum Gasteiger partial charge on any atom is 0.419 e. The van der Waals surface area contributed by atoms with Crippen molar-refractivity contribution in [1.29, 1.82) is 0 Å². The van der Waals surface area contributed by atoms with Crippen molar-refractivity contribution in [2.45, 2.75) is 32.0 Å². The molecule has 0 radical (unpaired) electrons. The van der Waals surface area contributed by atoms with E-state index in [0.29, 0.717) is 25.3 Å². The number of hydrogen-bond donors (Lipinski definition) is 1. The maximum atomic E-state index is 13.4. The first kappa shape index (κ1) is 16.2. The molecule has 2 atom stereocenters. The van der Waals surface area contributed by atoms with Crippen LogP contribution in [0.5, 0.6) is 0 Å². The van der Waals surface area contributed by atoms with Gasteiger partial charge < -0.3 is 10.1 Å². The summed E-state index contributed by atoms with van der Waals surface area (Å²) in [6.07, 6.45) is -2.91. The molecule has 1 aromatic rings. The van der Waals surface area contributed by atoms with Gasteiger partial charge in [0.1, 0.15) is 5.82 Å². The number of ether oxygens (including phenoxy) is 1. The molecule has 0 bridgehead atoms. The van der Waals surface area contributed by atoms with Gasteiger partial charge in [-0.25, -0.2) is 4.39 Å². The van der Waals surface area contributed by atoms with Crippen molar-refractivity contribution >= 4 is 0 Å². The lowest BCUT2D eigenvalue weighted by Gasteiger charge is -2.31. The van der Waals surface area contributed by atoms with E-state index in [0.717, 1.165) is 25.0 Å². The van der Waals surface area contributed by atoms with Crippen molar-refractivity contribution in [1.82, 2.24) is 5.32 Å². The van der Waals surface area contributed by atoms with Crippen molar-refractivity contribution < 1.29 is 22.3 Å². The molecule has 118 valence electrons. The first-order valence-corrected chi connectivity index (χ1v) is 7.11. The molecule has 1 saturated heterocycles. The first-order valence-electron chi connectivity index (χ1n) is 7.11. The SMILES string of the molecule is CCNC(c1ccc(F)c(C(F)(F)F)c1)C1CCCOC1. The van der Waals surface area contributed by atoms with E-state index in [4.69, 9.17) is 4.74 Å². The predicted molar refractivity (Wildman–Crippen MR) is 71.4 cm³/mol. The van der Waals surface area contributed by atoms with Crippen LogP contribution >= 0.6 is 0 Å². The summed E-state index contributed by atoms with van der Waals surface area (Å²) >= 11 is 0. The number of nitrogens with one attached hydrogen (secondary N) is 1. The van der Waals surface area contributed by atoms with Gasteiger partial charge in [-0.05, 0) is 37.1 Å². The van der Waals surface area contributed by atoms with Gasteiger partial charge in [-0.15, -0.1) is 0 Å². The van der Waals surface area contributed by atoms with E-state index in [2.05, 4.69) is 5.32 Å². The smallest absolute Gasteiger partial charge is 0.381 e. The normalized spacial score (nSPS) is 21.3. The molecule has 0 amide bonds. The van der Waals surface area contributed by atoms with E-state index in [1.54, 1.807) is 0 Å². The minimum Gasteiger partial charge on any atom is -0.381 e. The molecule has 2 unspecified atom stereocenters. The lowest BCUT2D eigenvalue weighted by atomic mass is 9.88. The molecule has 1 aromatic carbocycles. The monoisotopic (exact) mass is 305 g/mol. The fourth-order valence-electron chi connectivity index (χ4n) is 2.76. The van der Waals surface area contributed by atoms with Crippen LogP contribution in [0.1, 0.15) is 36.9 Å². The van der Waals surface area contributed by atoms with Gasteiger partial charge in [0.15, 0.2) is 0 Å². The summed E-state index contributed by atoms with van der Waals surface area (Å²) < 4.78 is 57.3. The van der Waals surface area contributed by atoms with Crippen LogP contribution in [-0.2, 0) is 10.9 Å². The van der Waals surface area contributed by atoms with Gasteiger partial charge in [-0.2, -0.15) is 13.2 Å². The Kier molecular flexibility index (Phi) is 5.22. The number of rotatable bonds is 4. The summed E-state index contributed by atoms with van der Waals surface area (Å²) in [5.41, 5.74) is -0.749. The standard InChI is InChI=1S/C15H19F4NO/c1-2-20-14(11-4-3-7-21-9-11)10-5-6-13(16)12(8-10)15(17,18)19/h5-6,8,11,14,20H,2-4,7,9H2,1H3. The number of halogens is 4. The second kappa shape index (κ2) is 6.75. The van der Waals surface area contributed by atoms with Crippen molar-refractivity contribution in [3.63, 3.8) is 0 Å². The van der Waals surface area contributed by atoms with Gasteiger partial charge in [0, 0.05) is 18.6 Å². The van der Waals surface area contributed by atoms with Gasteiger partial charge in [-0.1, -0.05) is 13.0 Å². The third kappa shape index (κ3) is 3.95. The summed E-state index contributed by atoms with van der Waals surface area (Å²) in [6, 6.07) is 2.98. The average molecular weight is 305 g/mol. The third-order valence-electron chi connectivity index (χ3n) is 3.75. The third-order valence-corrected chi connectivity index (χ3v) is 3.75. The number of alkyl halides is 3. The summed E-state index contributed by atoms with van der Waals surface area (Å²) in [7, 11) is 0. The van der Waals surface area contributed by atoms with Crippen molar-refractivity contribution in [3.05, 3.63) is 35.1 Å². The number of benzene rings is 1. The molecule has 1 heterocycles. The van der Waals surface area contributed by atoms with E-state index in [1.165, 1.54) is 6.07 Å². The minimum atomic E-state index is -4.68. The van der Waals surface area contributed by atoms with Crippen molar-refractivity contribution in [2.24, 2.45) is 5.92 Å². The maximum absolute atomic E-state index is 13.4. The molecule has 1 aliphatic heterocycles. The Morgan fingerprint density at radius 2 is 2.14 bits per heavy atom. The molecule has 2 nitrogen and oxygen atoms in total. The molecule has 1 fully saturated rings. The molecule has 0 aliphatic carbocycles. The van der Waals surface area contributed by atoms with E-state index < -0.39 is 17.6 Å². The number of hydrogen-bond acceptors (Lipinski definition) is 2. The molecular weight excluding hydrogens is 286 g/mol. The van der Waals surface area contributed by atoms with Crippen LogP contribution in [0.3, 0.4) is 0 Å². The fourth-order valence-corrected chi connectivity index (χ4v) is 2.76. The van der Waals surface area contributed by atoms with Crippen LogP contribution in [0.2, 0.25) is 0 Å². The van der Waals surface area contributed by atoms with Crippen LogP contribution in [0, 0.1) is 11.7 Å². The Morgan fingerprint density at radius 3 is 2.71 bits per heavy atom. The van der Waals surface area contributed by atoms with E-state index in [9.17, 15) is 17.6 Å². The van der Waals surface area contributed by atoms with Gasteiger partial charge in [-0.3, -0.25) is 0 Å². The van der Waals surface area contributed by atoms with Gasteiger partial charge >= 0.3 is 6.18 Å². The van der Waals surface area contributed by atoms with Crippen LogP contribution in [0.25, 0.3) is 0 Å². The highest BCUT2D eigenvalue weighted by Gasteiger charge is 2.35. The molecule has 0 saturated carbocycles. The molecule has 0 aromatic heterocycles. The molecule has 1 N–H and O–H groups in total. The topological polar surface area (TPSA) is 21.3 Å². The Morgan fingerprint density at radius 1 is 1.38 bits per heavy atom. The first-order chi connectivity index (χ1) is 9.93. The average Bonchev–Trinajstić information content (AvgIpc) is 2.45. The highest BCUT2D eigenvalue weighted by Crippen LogP contribution is 2.35. The Labute approximate surface area is 121 Å². The second-order valence-corrected chi connectivity index (χ2v) is 5.25. The molecule has 0 spiro atoms. The van der Waals surface area contributed by atoms with Crippen LogP contribution in [-0.4, -0.2) is 19.8 Å².